The maximum absolute atomic E-state index is 13.9. The Hall–Kier alpha value is -3.08. The maximum Gasteiger partial charge on any atom is 0.166 e. The van der Waals surface area contributed by atoms with Gasteiger partial charge in [-0.1, -0.05) is 71.7 Å². The van der Waals surface area contributed by atoms with Gasteiger partial charge in [0.15, 0.2) is 11.6 Å². The van der Waals surface area contributed by atoms with E-state index in [-0.39, 0.29) is 10.8 Å². The standard InChI is InChI=1S/C25H19Cl2FN2O/c1-15(23-20(26)10-11-21(28)24(23)27)31-22-13-19(14-30-25(22)29)18-9-5-8-17(12-18)16-6-3-2-4-7-16/h2-15H,1H3,(H2,29,30). The number of nitrogen functional groups attached to an aromatic ring is 1. The lowest BCUT2D eigenvalue weighted by atomic mass is 10.00. The fourth-order valence-electron chi connectivity index (χ4n) is 3.38. The molecule has 0 spiro atoms. The lowest BCUT2D eigenvalue weighted by Gasteiger charge is -2.19. The van der Waals surface area contributed by atoms with Crippen LogP contribution in [0.3, 0.4) is 0 Å². The Bertz CT molecular complexity index is 1230. The number of halogens is 3. The van der Waals surface area contributed by atoms with E-state index in [0.29, 0.717) is 16.3 Å². The summed E-state index contributed by atoms with van der Waals surface area (Å²) in [4.78, 5) is 4.28. The van der Waals surface area contributed by atoms with E-state index in [1.165, 1.54) is 12.1 Å². The number of nitrogens with zero attached hydrogens (tertiary/aromatic N) is 1. The van der Waals surface area contributed by atoms with Crippen molar-refractivity contribution < 1.29 is 9.13 Å². The van der Waals surface area contributed by atoms with Crippen LogP contribution in [0.4, 0.5) is 10.2 Å². The van der Waals surface area contributed by atoms with Crippen molar-refractivity contribution in [1.82, 2.24) is 4.98 Å². The molecular formula is C25H19Cl2FN2O. The highest BCUT2D eigenvalue weighted by Crippen LogP contribution is 2.37. The Morgan fingerprint density at radius 1 is 0.871 bits per heavy atom. The number of anilines is 1. The smallest absolute Gasteiger partial charge is 0.166 e. The van der Waals surface area contributed by atoms with Gasteiger partial charge in [-0.15, -0.1) is 0 Å². The van der Waals surface area contributed by atoms with Crippen LogP contribution in [0.5, 0.6) is 5.75 Å². The first-order valence-corrected chi connectivity index (χ1v) is 10.4. The van der Waals surface area contributed by atoms with E-state index in [2.05, 4.69) is 29.2 Å². The molecule has 0 amide bonds. The molecule has 2 N–H and O–H groups in total. The van der Waals surface area contributed by atoms with Crippen LogP contribution in [-0.2, 0) is 0 Å². The second-order valence-corrected chi connectivity index (χ2v) is 7.86. The van der Waals surface area contributed by atoms with Crippen molar-refractivity contribution in [3.05, 3.63) is 100 Å². The van der Waals surface area contributed by atoms with Crippen molar-refractivity contribution in [3.8, 4) is 28.0 Å². The van der Waals surface area contributed by atoms with Gasteiger partial charge < -0.3 is 10.5 Å². The van der Waals surface area contributed by atoms with Crippen LogP contribution in [-0.4, -0.2) is 4.98 Å². The average Bonchev–Trinajstić information content (AvgIpc) is 2.79. The second kappa shape index (κ2) is 8.96. The van der Waals surface area contributed by atoms with Crippen molar-refractivity contribution in [2.24, 2.45) is 0 Å². The summed E-state index contributed by atoms with van der Waals surface area (Å²) in [5.74, 6) is 0.0269. The number of pyridine rings is 1. The number of nitrogens with two attached hydrogens (primary N) is 1. The highest BCUT2D eigenvalue weighted by molar-refractivity contribution is 6.36. The molecule has 3 aromatic carbocycles. The van der Waals surface area contributed by atoms with E-state index in [9.17, 15) is 4.39 Å². The molecule has 1 atom stereocenters. The normalized spacial score (nSPS) is 11.9. The number of hydrogen-bond donors (Lipinski definition) is 1. The molecular weight excluding hydrogens is 434 g/mol. The minimum Gasteiger partial charge on any atom is -0.482 e. The van der Waals surface area contributed by atoms with Gasteiger partial charge in [0.25, 0.3) is 0 Å². The topological polar surface area (TPSA) is 48.1 Å². The number of aromatic nitrogens is 1. The fraction of sp³-hybridized carbons (Fsp3) is 0.0800. The first-order valence-electron chi connectivity index (χ1n) is 9.65. The van der Waals surface area contributed by atoms with Crippen molar-refractivity contribution in [2.75, 3.05) is 5.73 Å². The molecule has 0 saturated heterocycles. The van der Waals surface area contributed by atoms with Crippen molar-refractivity contribution in [2.45, 2.75) is 13.0 Å². The summed E-state index contributed by atoms with van der Waals surface area (Å²) in [6.45, 7) is 1.73. The van der Waals surface area contributed by atoms with Crippen molar-refractivity contribution in [3.63, 3.8) is 0 Å². The summed E-state index contributed by atoms with van der Waals surface area (Å²) >= 11 is 12.3. The first kappa shape index (κ1) is 21.2. The molecule has 1 heterocycles. The molecule has 3 nitrogen and oxygen atoms in total. The van der Waals surface area contributed by atoms with E-state index in [4.69, 9.17) is 33.7 Å². The molecule has 156 valence electrons. The Balaban J connectivity index is 1.67. The fourth-order valence-corrected chi connectivity index (χ4v) is 4.06. The molecule has 0 aliphatic carbocycles. The molecule has 1 unspecified atom stereocenters. The number of benzene rings is 3. The van der Waals surface area contributed by atoms with Crippen LogP contribution in [0.25, 0.3) is 22.3 Å². The van der Waals surface area contributed by atoms with Gasteiger partial charge in [0.05, 0.1) is 5.02 Å². The van der Waals surface area contributed by atoms with Gasteiger partial charge in [-0.2, -0.15) is 0 Å². The van der Waals surface area contributed by atoms with Crippen molar-refractivity contribution in [1.29, 1.82) is 0 Å². The summed E-state index contributed by atoms with van der Waals surface area (Å²) in [6, 6.07) is 22.7. The summed E-state index contributed by atoms with van der Waals surface area (Å²) in [5, 5.41) is 0.246. The maximum atomic E-state index is 13.9. The van der Waals surface area contributed by atoms with Gasteiger partial charge in [0.1, 0.15) is 11.9 Å². The van der Waals surface area contributed by atoms with Gasteiger partial charge in [-0.25, -0.2) is 9.37 Å². The molecule has 0 fully saturated rings. The Morgan fingerprint density at radius 2 is 1.55 bits per heavy atom. The third kappa shape index (κ3) is 4.50. The van der Waals surface area contributed by atoms with E-state index >= 15 is 0 Å². The van der Waals surface area contributed by atoms with Crippen LogP contribution in [0.2, 0.25) is 10.0 Å². The van der Waals surface area contributed by atoms with Crippen LogP contribution >= 0.6 is 23.2 Å². The van der Waals surface area contributed by atoms with Gasteiger partial charge in [-0.3, -0.25) is 0 Å². The number of hydrogen-bond acceptors (Lipinski definition) is 3. The third-order valence-corrected chi connectivity index (χ3v) is 5.69. The summed E-state index contributed by atoms with van der Waals surface area (Å²) in [7, 11) is 0. The van der Waals surface area contributed by atoms with E-state index in [1.54, 1.807) is 13.1 Å². The van der Waals surface area contributed by atoms with Gasteiger partial charge in [-0.05, 0) is 47.9 Å². The van der Waals surface area contributed by atoms with E-state index in [1.807, 2.05) is 36.4 Å². The van der Waals surface area contributed by atoms with Crippen LogP contribution in [0, 0.1) is 5.82 Å². The minimum absolute atomic E-state index is 0.0711. The molecule has 0 bridgehead atoms. The van der Waals surface area contributed by atoms with Crippen LogP contribution < -0.4 is 10.5 Å². The quantitative estimate of drug-likeness (QED) is 0.317. The SMILES string of the molecule is CC(Oc1cc(-c2cccc(-c3ccccc3)c2)cnc1N)c1c(Cl)ccc(F)c1Cl. The molecule has 1 aromatic heterocycles. The molecule has 31 heavy (non-hydrogen) atoms. The third-order valence-electron chi connectivity index (χ3n) is 4.97. The summed E-state index contributed by atoms with van der Waals surface area (Å²) in [6.07, 6.45) is 1.06. The predicted octanol–water partition coefficient (Wildman–Crippen LogP) is 7.58. The number of rotatable bonds is 5. The van der Waals surface area contributed by atoms with Crippen molar-refractivity contribution >= 4 is 29.0 Å². The van der Waals surface area contributed by atoms with Crippen LogP contribution in [0.1, 0.15) is 18.6 Å². The average molecular weight is 453 g/mol. The molecule has 0 radical (unpaired) electrons. The largest absolute Gasteiger partial charge is 0.482 e. The molecule has 0 aliphatic heterocycles. The Labute approximate surface area is 190 Å². The monoisotopic (exact) mass is 452 g/mol. The summed E-state index contributed by atoms with van der Waals surface area (Å²) in [5.41, 5.74) is 10.4. The zero-order valence-electron chi connectivity index (χ0n) is 16.6. The molecule has 0 aliphatic rings. The zero-order valence-corrected chi connectivity index (χ0v) is 18.2. The summed E-state index contributed by atoms with van der Waals surface area (Å²) < 4.78 is 19.9. The molecule has 0 saturated carbocycles. The first-order chi connectivity index (χ1) is 14.9. The van der Waals surface area contributed by atoms with Crippen LogP contribution in [0.15, 0.2) is 79.0 Å². The van der Waals surface area contributed by atoms with E-state index < -0.39 is 11.9 Å². The predicted molar refractivity (Wildman–Crippen MR) is 125 cm³/mol. The van der Waals surface area contributed by atoms with Gasteiger partial charge in [0, 0.05) is 22.3 Å². The molecule has 4 rings (SSSR count). The lowest BCUT2D eigenvalue weighted by Crippen LogP contribution is -2.08. The molecule has 4 aromatic rings. The highest BCUT2D eigenvalue weighted by Gasteiger charge is 2.20. The number of ether oxygens (including phenoxy) is 1. The highest BCUT2D eigenvalue weighted by atomic mass is 35.5. The zero-order chi connectivity index (χ0) is 22.0. The van der Waals surface area contributed by atoms with Gasteiger partial charge >= 0.3 is 0 Å². The lowest BCUT2D eigenvalue weighted by molar-refractivity contribution is 0.227. The minimum atomic E-state index is -0.634. The Morgan fingerprint density at radius 3 is 2.29 bits per heavy atom. The second-order valence-electron chi connectivity index (χ2n) is 7.07. The van der Waals surface area contributed by atoms with E-state index in [0.717, 1.165) is 22.3 Å². The Kier molecular flexibility index (Phi) is 6.12. The van der Waals surface area contributed by atoms with Gasteiger partial charge in [0.2, 0.25) is 0 Å². The molecule has 6 heteroatoms.